The van der Waals surface area contributed by atoms with E-state index in [1.165, 1.54) is 44.5 Å². The van der Waals surface area contributed by atoms with Crippen molar-refractivity contribution in [1.82, 2.24) is 0 Å². The van der Waals surface area contributed by atoms with E-state index in [0.29, 0.717) is 0 Å². The number of hydrogen-bond acceptors (Lipinski definition) is 4. The van der Waals surface area contributed by atoms with E-state index in [0.717, 1.165) is 105 Å². The average Bonchev–Trinajstić information content (AvgIpc) is 3.98. The fraction of sp³-hybridized carbons (Fsp3) is 0.0133. The summed E-state index contributed by atoms with van der Waals surface area (Å²) in [5.74, 6) is 0. The van der Waals surface area contributed by atoms with E-state index in [1.54, 1.807) is 0 Å². The predicted octanol–water partition coefficient (Wildman–Crippen LogP) is 21.7. The van der Waals surface area contributed by atoms with Crippen molar-refractivity contribution in [2.24, 2.45) is 0 Å². The summed E-state index contributed by atoms with van der Waals surface area (Å²) in [6, 6.07) is 102. The third-order valence-electron chi connectivity index (χ3n) is 15.7. The molecule has 0 aliphatic carbocycles. The van der Waals surface area contributed by atoms with Gasteiger partial charge < -0.3 is 18.6 Å². The predicted molar refractivity (Wildman–Crippen MR) is 332 cm³/mol. The van der Waals surface area contributed by atoms with Crippen molar-refractivity contribution in [3.63, 3.8) is 0 Å². The lowest BCUT2D eigenvalue weighted by molar-refractivity contribution is 0.661. The minimum Gasteiger partial charge on any atom is -0.456 e. The van der Waals surface area contributed by atoms with Crippen LogP contribution in [0.15, 0.2) is 294 Å². The summed E-state index contributed by atoms with van der Waals surface area (Å²) < 4.78 is 13.9. The van der Waals surface area contributed by atoms with Gasteiger partial charge in [0, 0.05) is 50.3 Å². The Bertz CT molecular complexity index is 4560. The molecule has 0 spiro atoms. The Kier molecular flexibility index (Phi) is 11.0. The number of nitrogens with zero attached hydrogens (tertiary/aromatic N) is 2. The lowest BCUT2D eigenvalue weighted by atomic mass is 10.0. The second-order valence-electron chi connectivity index (χ2n) is 20.6. The van der Waals surface area contributed by atoms with Gasteiger partial charge in [-0.15, -0.1) is 0 Å². The summed E-state index contributed by atoms with van der Waals surface area (Å²) in [6.07, 6.45) is 0. The number of rotatable bonds is 10. The smallest absolute Gasteiger partial charge is 0.147 e. The van der Waals surface area contributed by atoms with Gasteiger partial charge >= 0.3 is 0 Å². The van der Waals surface area contributed by atoms with Crippen LogP contribution in [0.5, 0.6) is 0 Å². The molecule has 0 aliphatic rings. The fourth-order valence-corrected chi connectivity index (χ4v) is 11.7. The number of furan rings is 2. The second-order valence-corrected chi connectivity index (χ2v) is 20.6. The van der Waals surface area contributed by atoms with Gasteiger partial charge in [-0.25, -0.2) is 0 Å². The van der Waals surface area contributed by atoms with Crippen LogP contribution in [0.2, 0.25) is 0 Å². The van der Waals surface area contributed by atoms with Crippen LogP contribution in [-0.2, 0) is 0 Å². The van der Waals surface area contributed by atoms with E-state index in [4.69, 9.17) is 8.83 Å². The second kappa shape index (κ2) is 19.0. The molecule has 13 aromatic carbocycles. The Morgan fingerprint density at radius 1 is 0.241 bits per heavy atom. The van der Waals surface area contributed by atoms with E-state index < -0.39 is 0 Å². The topological polar surface area (TPSA) is 32.8 Å². The van der Waals surface area contributed by atoms with E-state index in [2.05, 4.69) is 302 Å². The Balaban J connectivity index is 0.817. The first-order valence-electron chi connectivity index (χ1n) is 26.9. The third-order valence-corrected chi connectivity index (χ3v) is 15.7. The number of benzene rings is 13. The number of fused-ring (bicyclic) bond motifs is 9. The Hall–Kier alpha value is -10.4. The lowest BCUT2D eigenvalue weighted by Gasteiger charge is -2.26. The van der Waals surface area contributed by atoms with Crippen molar-refractivity contribution in [2.45, 2.75) is 6.92 Å². The first kappa shape index (κ1) is 45.9. The summed E-state index contributed by atoms with van der Waals surface area (Å²) in [5, 5.41) is 8.64. The monoisotopic (exact) mass is 1010 g/mol. The van der Waals surface area contributed by atoms with E-state index >= 15 is 0 Å². The van der Waals surface area contributed by atoms with Crippen LogP contribution in [0, 0.1) is 6.92 Å². The summed E-state index contributed by atoms with van der Waals surface area (Å²) in [5.41, 5.74) is 20.3. The van der Waals surface area contributed by atoms with Crippen LogP contribution in [0.1, 0.15) is 5.56 Å². The van der Waals surface area contributed by atoms with Crippen LogP contribution >= 0.6 is 0 Å². The van der Waals surface area contributed by atoms with Gasteiger partial charge in [-0.1, -0.05) is 182 Å². The maximum absolute atomic E-state index is 7.03. The summed E-state index contributed by atoms with van der Waals surface area (Å²) >= 11 is 0. The van der Waals surface area contributed by atoms with Crippen molar-refractivity contribution >= 4 is 99.5 Å². The van der Waals surface area contributed by atoms with Crippen molar-refractivity contribution in [2.75, 3.05) is 9.80 Å². The van der Waals surface area contributed by atoms with Crippen LogP contribution in [-0.4, -0.2) is 0 Å². The molecule has 0 bridgehead atoms. The normalized spacial score (nSPS) is 11.6. The Labute approximate surface area is 457 Å². The first-order valence-corrected chi connectivity index (χ1v) is 26.9. The molecule has 15 aromatic rings. The van der Waals surface area contributed by atoms with Gasteiger partial charge in [0.15, 0.2) is 0 Å². The third kappa shape index (κ3) is 8.26. The van der Waals surface area contributed by atoms with Crippen molar-refractivity contribution in [1.29, 1.82) is 0 Å². The zero-order chi connectivity index (χ0) is 52.4. The molecular weight excluding hydrogens is 961 g/mol. The molecule has 0 saturated heterocycles. The molecule has 2 aromatic heterocycles. The quantitative estimate of drug-likeness (QED) is 0.137. The van der Waals surface area contributed by atoms with E-state index in [-0.39, 0.29) is 0 Å². The Morgan fingerprint density at radius 2 is 0.557 bits per heavy atom. The van der Waals surface area contributed by atoms with Crippen molar-refractivity contribution < 1.29 is 8.83 Å². The minimum absolute atomic E-state index is 0.824. The van der Waals surface area contributed by atoms with Crippen molar-refractivity contribution in [3.8, 4) is 44.5 Å². The molecule has 2 heterocycles. The van der Waals surface area contributed by atoms with Crippen LogP contribution in [0.4, 0.5) is 34.1 Å². The zero-order valence-electron chi connectivity index (χ0n) is 43.3. The molecule has 0 atom stereocenters. The molecule has 4 heteroatoms. The molecule has 0 saturated carbocycles. The maximum atomic E-state index is 7.03. The highest BCUT2D eigenvalue weighted by Gasteiger charge is 2.22. The van der Waals surface area contributed by atoms with Gasteiger partial charge in [0.1, 0.15) is 22.3 Å². The van der Waals surface area contributed by atoms with Crippen LogP contribution < -0.4 is 9.80 Å². The summed E-state index contributed by atoms with van der Waals surface area (Å²) in [4.78, 5) is 4.68. The van der Waals surface area contributed by atoms with Gasteiger partial charge in [0.05, 0.1) is 5.39 Å². The molecular formula is C75H50N2O2. The number of aryl methyl sites for hydroxylation is 1. The lowest BCUT2D eigenvalue weighted by Crippen LogP contribution is -2.09. The standard InChI is InChI=1S/C75H50N2O2/c1-49-42-69-68-45-58-30-40-66(76(62-32-22-54(23-33-62)50-14-6-2-7-15-50)63-34-24-55(25-35-63)51-16-8-3-9-17-51)43-60(58)47-71(68)79-75(69)73-70-46-59-31-41-67(44-61(59)48-72(70)78-74(49)73)77(64-36-26-56(27-37-64)52-18-10-4-11-19-52)65-38-28-57(29-39-65)53-20-12-5-13-21-53/h2-48H,1H3. The molecule has 4 nitrogen and oxygen atoms in total. The number of anilines is 6. The van der Waals surface area contributed by atoms with Crippen molar-refractivity contribution in [3.05, 3.63) is 291 Å². The van der Waals surface area contributed by atoms with E-state index in [1.807, 2.05) is 0 Å². The molecule has 0 fully saturated rings. The molecule has 0 aliphatic heterocycles. The fourth-order valence-electron chi connectivity index (χ4n) is 11.7. The van der Waals surface area contributed by atoms with Gasteiger partial charge in [-0.2, -0.15) is 0 Å². The molecule has 79 heavy (non-hydrogen) atoms. The maximum Gasteiger partial charge on any atom is 0.147 e. The average molecular weight is 1010 g/mol. The molecule has 372 valence electrons. The highest BCUT2D eigenvalue weighted by Crippen LogP contribution is 2.46. The molecule has 0 unspecified atom stereocenters. The largest absolute Gasteiger partial charge is 0.456 e. The molecule has 0 amide bonds. The first-order chi connectivity index (χ1) is 39.0. The minimum atomic E-state index is 0.824. The molecule has 0 N–H and O–H groups in total. The highest BCUT2D eigenvalue weighted by atomic mass is 16.3. The number of hydrogen-bond donors (Lipinski definition) is 0. The summed E-state index contributed by atoms with van der Waals surface area (Å²) in [6.45, 7) is 2.14. The van der Waals surface area contributed by atoms with Gasteiger partial charge in [-0.05, 0) is 182 Å². The molecule has 0 radical (unpaired) electrons. The van der Waals surface area contributed by atoms with Gasteiger partial charge in [-0.3, -0.25) is 0 Å². The van der Waals surface area contributed by atoms with Crippen LogP contribution in [0.3, 0.4) is 0 Å². The zero-order valence-corrected chi connectivity index (χ0v) is 43.3. The van der Waals surface area contributed by atoms with Crippen LogP contribution in [0.25, 0.3) is 110 Å². The molecule has 15 rings (SSSR count). The SMILES string of the molecule is Cc1cc2c3cc4ccc(N(c5ccc(-c6ccccc6)cc5)c5ccc(-c6ccccc6)cc5)cc4cc3oc2c2c1oc1cc3cc(N(c4ccc(-c5ccccc5)cc4)c4ccc(-c5ccccc5)cc4)ccc3cc12. The highest BCUT2D eigenvalue weighted by molar-refractivity contribution is 6.25. The Morgan fingerprint density at radius 3 is 0.937 bits per heavy atom. The van der Waals surface area contributed by atoms with E-state index in [9.17, 15) is 0 Å². The van der Waals surface area contributed by atoms with Gasteiger partial charge in [0.2, 0.25) is 0 Å². The van der Waals surface area contributed by atoms with Gasteiger partial charge in [0.25, 0.3) is 0 Å². The summed E-state index contributed by atoms with van der Waals surface area (Å²) in [7, 11) is 0.